The number of aliphatic carboxylic acids is 2. The van der Waals surface area contributed by atoms with E-state index in [9.17, 15) is 33.6 Å². The minimum absolute atomic E-state index is 0.525. The highest BCUT2D eigenvalue weighted by Gasteiger charge is 2.31. The molecule has 0 saturated carbocycles. The van der Waals surface area contributed by atoms with Crippen molar-refractivity contribution < 1.29 is 43.8 Å². The van der Waals surface area contributed by atoms with E-state index in [-0.39, 0.29) is 0 Å². The number of amides is 5. The molecular weight excluding hydrogens is 396 g/mol. The largest absolute Gasteiger partial charge is 0.481 e. The fourth-order valence-corrected chi connectivity index (χ4v) is 1.99. The quantitative estimate of drug-likeness (QED) is 0.141. The van der Waals surface area contributed by atoms with Gasteiger partial charge in [0.15, 0.2) is 0 Å². The van der Waals surface area contributed by atoms with Gasteiger partial charge in [-0.2, -0.15) is 0 Å². The minimum Gasteiger partial charge on any atom is -0.481 e. The molecule has 0 aliphatic heterocycles. The summed E-state index contributed by atoms with van der Waals surface area (Å²) in [7, 11) is 0. The Morgan fingerprint density at radius 1 is 0.690 bits per heavy atom. The first-order chi connectivity index (χ1) is 13.4. The Morgan fingerprint density at radius 2 is 1.10 bits per heavy atom. The standard InChI is InChI=1S/C14H22N6O9/c15-4-10(23)18-5(1-8(16)21)12(26)19-6(2-9(17)22)13(27)20-7(14(28)29)3-11(24)25/h5-7H,1-4,15H2,(H2,16,21)(H2,17,22)(H,18,23)(H,19,26)(H,20,27)(H,24,25)(H,28,29). The van der Waals surface area contributed by atoms with Crippen LogP contribution in [0.5, 0.6) is 0 Å². The second kappa shape index (κ2) is 11.9. The van der Waals surface area contributed by atoms with Crippen molar-refractivity contribution in [3.05, 3.63) is 0 Å². The Morgan fingerprint density at radius 3 is 1.45 bits per heavy atom. The maximum absolute atomic E-state index is 12.3. The van der Waals surface area contributed by atoms with Crippen LogP contribution in [0.4, 0.5) is 0 Å². The van der Waals surface area contributed by atoms with E-state index in [0.717, 1.165) is 0 Å². The third kappa shape index (κ3) is 10.2. The number of carbonyl (C=O) groups is 7. The van der Waals surface area contributed by atoms with Crippen molar-refractivity contribution in [1.29, 1.82) is 0 Å². The van der Waals surface area contributed by atoms with Crippen molar-refractivity contribution in [3.63, 3.8) is 0 Å². The summed E-state index contributed by atoms with van der Waals surface area (Å²) in [4.78, 5) is 80.0. The number of rotatable bonds is 13. The van der Waals surface area contributed by atoms with Crippen LogP contribution in [0.3, 0.4) is 0 Å². The van der Waals surface area contributed by atoms with Crippen LogP contribution in [0.25, 0.3) is 0 Å². The van der Waals surface area contributed by atoms with Crippen LogP contribution in [0.15, 0.2) is 0 Å². The molecule has 0 aromatic heterocycles. The lowest BCUT2D eigenvalue weighted by atomic mass is 10.1. The normalized spacial score (nSPS) is 13.3. The molecule has 11 N–H and O–H groups in total. The second-order valence-corrected chi connectivity index (χ2v) is 5.72. The summed E-state index contributed by atoms with van der Waals surface area (Å²) in [6, 6.07) is -5.12. The lowest BCUT2D eigenvalue weighted by molar-refractivity contribution is -0.147. The summed E-state index contributed by atoms with van der Waals surface area (Å²) in [6.07, 6.45) is -2.43. The third-order valence-corrected chi connectivity index (χ3v) is 3.27. The molecule has 5 amide bonds. The van der Waals surface area contributed by atoms with Gasteiger partial charge < -0.3 is 43.4 Å². The van der Waals surface area contributed by atoms with Gasteiger partial charge in [-0.25, -0.2) is 4.79 Å². The van der Waals surface area contributed by atoms with Gasteiger partial charge in [0.1, 0.15) is 18.1 Å². The zero-order valence-corrected chi connectivity index (χ0v) is 15.0. The maximum Gasteiger partial charge on any atom is 0.326 e. The average Bonchev–Trinajstić information content (AvgIpc) is 2.58. The van der Waals surface area contributed by atoms with Gasteiger partial charge in [0, 0.05) is 0 Å². The molecule has 0 spiro atoms. The predicted molar refractivity (Wildman–Crippen MR) is 92.4 cm³/mol. The number of nitrogens with one attached hydrogen (secondary N) is 3. The Hall–Kier alpha value is -3.75. The highest BCUT2D eigenvalue weighted by atomic mass is 16.4. The predicted octanol–water partition coefficient (Wildman–Crippen LogP) is -5.29. The lowest BCUT2D eigenvalue weighted by Crippen LogP contribution is -2.57. The molecule has 3 unspecified atom stereocenters. The molecular formula is C14H22N6O9. The van der Waals surface area contributed by atoms with Crippen LogP contribution in [0, 0.1) is 0 Å². The molecule has 0 aliphatic carbocycles. The Labute approximate surface area is 163 Å². The first kappa shape index (κ1) is 25.2. The van der Waals surface area contributed by atoms with E-state index in [0.29, 0.717) is 0 Å². The third-order valence-electron chi connectivity index (χ3n) is 3.27. The molecule has 0 aliphatic rings. The number of hydrogen-bond acceptors (Lipinski definition) is 8. The van der Waals surface area contributed by atoms with Crippen LogP contribution >= 0.6 is 0 Å². The van der Waals surface area contributed by atoms with Crippen molar-refractivity contribution in [2.75, 3.05) is 6.54 Å². The van der Waals surface area contributed by atoms with Gasteiger partial charge in [0.2, 0.25) is 29.5 Å². The van der Waals surface area contributed by atoms with Crippen LogP contribution in [-0.4, -0.2) is 76.4 Å². The number of nitrogens with two attached hydrogens (primary N) is 3. The summed E-state index contributed by atoms with van der Waals surface area (Å²) in [5.74, 6) is -8.41. The SMILES string of the molecule is NCC(=O)NC(CC(N)=O)C(=O)NC(CC(N)=O)C(=O)NC(CC(=O)O)C(=O)O. The molecule has 29 heavy (non-hydrogen) atoms. The molecule has 0 fully saturated rings. The van der Waals surface area contributed by atoms with Gasteiger partial charge >= 0.3 is 11.9 Å². The molecule has 15 heteroatoms. The van der Waals surface area contributed by atoms with Gasteiger partial charge in [-0.1, -0.05) is 0 Å². The van der Waals surface area contributed by atoms with Crippen molar-refractivity contribution in [2.45, 2.75) is 37.4 Å². The van der Waals surface area contributed by atoms with E-state index in [4.69, 9.17) is 27.4 Å². The minimum atomic E-state index is -1.86. The van der Waals surface area contributed by atoms with Gasteiger partial charge in [0.25, 0.3) is 0 Å². The highest BCUT2D eigenvalue weighted by Crippen LogP contribution is 2.00. The number of primary amides is 2. The van der Waals surface area contributed by atoms with E-state index < -0.39 is 85.4 Å². The fourth-order valence-electron chi connectivity index (χ4n) is 1.99. The summed E-state index contributed by atoms with van der Waals surface area (Å²) in [6.45, 7) is -0.525. The van der Waals surface area contributed by atoms with Crippen molar-refractivity contribution in [2.24, 2.45) is 17.2 Å². The Balaban J connectivity index is 5.43. The monoisotopic (exact) mass is 418 g/mol. The molecule has 0 saturated heterocycles. The molecule has 0 bridgehead atoms. The van der Waals surface area contributed by atoms with Crippen molar-refractivity contribution in [1.82, 2.24) is 16.0 Å². The maximum atomic E-state index is 12.3. The topological polar surface area (TPSA) is 274 Å². The second-order valence-electron chi connectivity index (χ2n) is 5.72. The van der Waals surface area contributed by atoms with Crippen LogP contribution in [0.2, 0.25) is 0 Å². The number of carboxylic acids is 2. The molecule has 0 rings (SSSR count). The summed E-state index contributed by atoms with van der Waals surface area (Å²) < 4.78 is 0. The van der Waals surface area contributed by atoms with Gasteiger partial charge in [0.05, 0.1) is 25.8 Å². The molecule has 3 atom stereocenters. The summed E-state index contributed by atoms with van der Waals surface area (Å²) in [5, 5.41) is 23.6. The van der Waals surface area contributed by atoms with E-state index in [1.807, 2.05) is 10.6 Å². The molecule has 0 aromatic carbocycles. The van der Waals surface area contributed by atoms with Crippen molar-refractivity contribution >= 4 is 41.5 Å². The zero-order valence-electron chi connectivity index (χ0n) is 15.0. The van der Waals surface area contributed by atoms with Crippen LogP contribution in [0.1, 0.15) is 19.3 Å². The average molecular weight is 418 g/mol. The molecule has 162 valence electrons. The first-order valence-electron chi connectivity index (χ1n) is 7.98. The van der Waals surface area contributed by atoms with Crippen LogP contribution < -0.4 is 33.2 Å². The van der Waals surface area contributed by atoms with Gasteiger partial charge in [-0.3, -0.25) is 28.8 Å². The van der Waals surface area contributed by atoms with E-state index in [2.05, 4.69) is 5.32 Å². The Kier molecular flexibility index (Phi) is 10.3. The van der Waals surface area contributed by atoms with E-state index >= 15 is 0 Å². The zero-order chi connectivity index (χ0) is 22.7. The number of carbonyl (C=O) groups excluding carboxylic acids is 5. The lowest BCUT2D eigenvalue weighted by Gasteiger charge is -2.23. The van der Waals surface area contributed by atoms with E-state index in [1.165, 1.54) is 0 Å². The molecule has 15 nitrogen and oxygen atoms in total. The fraction of sp³-hybridized carbons (Fsp3) is 0.500. The highest BCUT2D eigenvalue weighted by molar-refractivity contribution is 5.97. The van der Waals surface area contributed by atoms with Crippen molar-refractivity contribution in [3.8, 4) is 0 Å². The first-order valence-corrected chi connectivity index (χ1v) is 7.98. The van der Waals surface area contributed by atoms with Gasteiger partial charge in [-0.15, -0.1) is 0 Å². The Bertz CT molecular complexity index is 695. The number of carboxylic acid groups (broad SMARTS) is 2. The van der Waals surface area contributed by atoms with Crippen LogP contribution in [-0.2, 0) is 33.6 Å². The van der Waals surface area contributed by atoms with E-state index in [1.54, 1.807) is 0 Å². The summed E-state index contributed by atoms with van der Waals surface area (Å²) in [5.41, 5.74) is 15.1. The molecule has 0 heterocycles. The number of hydrogen-bond donors (Lipinski definition) is 8. The molecule has 0 radical (unpaired) electrons. The summed E-state index contributed by atoms with van der Waals surface area (Å²) >= 11 is 0. The van der Waals surface area contributed by atoms with Gasteiger partial charge in [-0.05, 0) is 0 Å². The molecule has 0 aromatic rings. The smallest absolute Gasteiger partial charge is 0.326 e.